The molecule has 4 rings (SSSR count). The molecule has 1 aliphatic heterocycles. The fourth-order valence-corrected chi connectivity index (χ4v) is 3.79. The lowest BCUT2D eigenvalue weighted by molar-refractivity contribution is -0.170. The Labute approximate surface area is 189 Å². The van der Waals surface area contributed by atoms with E-state index in [2.05, 4.69) is 0 Å². The summed E-state index contributed by atoms with van der Waals surface area (Å²) >= 11 is 0. The molecule has 5 nitrogen and oxygen atoms in total. The van der Waals surface area contributed by atoms with Gasteiger partial charge in [0.15, 0.2) is 6.29 Å². The van der Waals surface area contributed by atoms with Crippen LogP contribution in [0.4, 0.5) is 0 Å². The summed E-state index contributed by atoms with van der Waals surface area (Å²) in [5.41, 5.74) is 3.31. The molecule has 1 fully saturated rings. The van der Waals surface area contributed by atoms with E-state index in [0.29, 0.717) is 26.4 Å². The molecule has 4 atom stereocenters. The summed E-state index contributed by atoms with van der Waals surface area (Å²) in [4.78, 5) is 0. The van der Waals surface area contributed by atoms with E-state index in [-0.39, 0.29) is 18.3 Å². The van der Waals surface area contributed by atoms with Crippen LogP contribution in [-0.4, -0.2) is 38.3 Å². The van der Waals surface area contributed by atoms with Gasteiger partial charge in [0.25, 0.3) is 0 Å². The molecule has 0 aliphatic carbocycles. The average molecular weight is 435 g/mol. The third kappa shape index (κ3) is 6.25. The summed E-state index contributed by atoms with van der Waals surface area (Å²) in [6.45, 7) is 1.82. The first-order chi connectivity index (χ1) is 15.8. The molecule has 3 aromatic carbocycles. The lowest BCUT2D eigenvalue weighted by Crippen LogP contribution is -2.39. The van der Waals surface area contributed by atoms with Crippen molar-refractivity contribution >= 4 is 0 Å². The highest BCUT2D eigenvalue weighted by molar-refractivity contribution is 5.15. The average Bonchev–Trinajstić information content (AvgIpc) is 3.19. The Bertz CT molecular complexity index is 903. The van der Waals surface area contributed by atoms with Crippen molar-refractivity contribution < 1.29 is 23.7 Å². The van der Waals surface area contributed by atoms with Crippen molar-refractivity contribution in [2.75, 3.05) is 13.7 Å². The molecule has 5 heteroatoms. The zero-order chi connectivity index (χ0) is 22.0. The van der Waals surface area contributed by atoms with Gasteiger partial charge in [-0.05, 0) is 16.7 Å². The highest BCUT2D eigenvalue weighted by atomic mass is 16.7. The largest absolute Gasteiger partial charge is 0.374 e. The zero-order valence-corrected chi connectivity index (χ0v) is 18.3. The van der Waals surface area contributed by atoms with Crippen LogP contribution < -0.4 is 0 Å². The van der Waals surface area contributed by atoms with Gasteiger partial charge in [-0.2, -0.15) is 0 Å². The summed E-state index contributed by atoms with van der Waals surface area (Å²) < 4.78 is 30.3. The topological polar surface area (TPSA) is 46.2 Å². The lowest BCUT2D eigenvalue weighted by Gasteiger charge is -2.24. The van der Waals surface area contributed by atoms with Crippen LogP contribution in [0.25, 0.3) is 0 Å². The van der Waals surface area contributed by atoms with Crippen molar-refractivity contribution in [2.45, 2.75) is 44.4 Å². The van der Waals surface area contributed by atoms with E-state index in [4.69, 9.17) is 23.7 Å². The molecule has 0 saturated carbocycles. The molecule has 1 saturated heterocycles. The highest BCUT2D eigenvalue weighted by Gasteiger charge is 2.46. The number of methoxy groups -OCH3 is 1. The molecular formula is C27H30O5. The third-order valence-corrected chi connectivity index (χ3v) is 5.46. The molecule has 0 amide bonds. The van der Waals surface area contributed by atoms with Gasteiger partial charge in [0.2, 0.25) is 0 Å². The van der Waals surface area contributed by atoms with Gasteiger partial charge in [-0.1, -0.05) is 91.0 Å². The second kappa shape index (κ2) is 11.9. The van der Waals surface area contributed by atoms with E-state index < -0.39 is 6.29 Å². The minimum Gasteiger partial charge on any atom is -0.374 e. The molecule has 0 spiro atoms. The first kappa shape index (κ1) is 22.6. The highest BCUT2D eigenvalue weighted by Crippen LogP contribution is 2.29. The van der Waals surface area contributed by atoms with Gasteiger partial charge in [0, 0.05) is 7.11 Å². The first-order valence-electron chi connectivity index (χ1n) is 10.9. The van der Waals surface area contributed by atoms with Gasteiger partial charge in [-0.25, -0.2) is 0 Å². The number of hydrogen-bond acceptors (Lipinski definition) is 5. The smallest absolute Gasteiger partial charge is 0.186 e. The van der Waals surface area contributed by atoms with Gasteiger partial charge in [0.1, 0.15) is 18.3 Å². The zero-order valence-electron chi connectivity index (χ0n) is 18.3. The van der Waals surface area contributed by atoms with Gasteiger partial charge in [-0.15, -0.1) is 0 Å². The standard InChI is InChI=1S/C27H30O5/c1-28-27-26(31-19-23-15-9-4-10-16-23)25(30-18-22-13-7-3-8-14-22)24(32-27)20-29-17-21-11-5-2-6-12-21/h2-16,24-27H,17-20H2,1H3/t24-,25+,26+,27+/m1/s1. The van der Waals surface area contributed by atoms with Crippen LogP contribution in [0, 0.1) is 0 Å². The van der Waals surface area contributed by atoms with E-state index in [1.165, 1.54) is 0 Å². The Kier molecular flexibility index (Phi) is 8.42. The van der Waals surface area contributed by atoms with E-state index in [1.54, 1.807) is 7.11 Å². The maximum atomic E-state index is 6.33. The summed E-state index contributed by atoms with van der Waals surface area (Å²) in [6, 6.07) is 30.3. The van der Waals surface area contributed by atoms with Crippen LogP contribution in [0.15, 0.2) is 91.0 Å². The fourth-order valence-electron chi connectivity index (χ4n) is 3.79. The summed E-state index contributed by atoms with van der Waals surface area (Å²) in [7, 11) is 1.63. The molecule has 1 heterocycles. The Hall–Kier alpha value is -2.54. The number of hydrogen-bond donors (Lipinski definition) is 0. The second-order valence-electron chi connectivity index (χ2n) is 7.80. The predicted molar refractivity (Wildman–Crippen MR) is 122 cm³/mol. The van der Waals surface area contributed by atoms with E-state index in [0.717, 1.165) is 16.7 Å². The van der Waals surface area contributed by atoms with Crippen LogP contribution in [0.1, 0.15) is 16.7 Å². The van der Waals surface area contributed by atoms with Gasteiger partial charge in [0.05, 0.1) is 26.4 Å². The minimum atomic E-state index is -0.523. The van der Waals surface area contributed by atoms with Gasteiger partial charge >= 0.3 is 0 Å². The fraction of sp³-hybridized carbons (Fsp3) is 0.333. The third-order valence-electron chi connectivity index (χ3n) is 5.46. The maximum Gasteiger partial charge on any atom is 0.186 e. The summed E-state index contributed by atoms with van der Waals surface area (Å²) in [5, 5.41) is 0. The maximum absolute atomic E-state index is 6.33. The summed E-state index contributed by atoms with van der Waals surface area (Å²) in [6.07, 6.45) is -1.51. The minimum absolute atomic E-state index is 0.298. The summed E-state index contributed by atoms with van der Waals surface area (Å²) in [5.74, 6) is 0. The SMILES string of the molecule is CO[C@H]1O[C@H](COCc2ccccc2)[C@H](OCc2ccccc2)[C@@H]1OCc1ccccc1. The van der Waals surface area contributed by atoms with Crippen molar-refractivity contribution in [3.05, 3.63) is 108 Å². The molecule has 0 bridgehead atoms. The molecule has 0 radical (unpaired) electrons. The van der Waals surface area contributed by atoms with Crippen molar-refractivity contribution in [2.24, 2.45) is 0 Å². The number of rotatable bonds is 11. The van der Waals surface area contributed by atoms with Crippen molar-refractivity contribution in [3.8, 4) is 0 Å². The van der Waals surface area contributed by atoms with Crippen molar-refractivity contribution in [3.63, 3.8) is 0 Å². The van der Waals surface area contributed by atoms with Crippen LogP contribution in [0.2, 0.25) is 0 Å². The Balaban J connectivity index is 1.42. The molecule has 168 valence electrons. The molecule has 32 heavy (non-hydrogen) atoms. The van der Waals surface area contributed by atoms with Crippen LogP contribution in [0.3, 0.4) is 0 Å². The van der Waals surface area contributed by atoms with Gasteiger partial charge < -0.3 is 23.7 Å². The quantitative estimate of drug-likeness (QED) is 0.436. The lowest BCUT2D eigenvalue weighted by atomic mass is 10.1. The number of benzene rings is 3. The second-order valence-corrected chi connectivity index (χ2v) is 7.80. The Morgan fingerprint density at radius 1 is 0.625 bits per heavy atom. The number of ether oxygens (including phenoxy) is 5. The Morgan fingerprint density at radius 2 is 1.09 bits per heavy atom. The van der Waals surface area contributed by atoms with E-state index in [1.807, 2.05) is 91.0 Å². The monoisotopic (exact) mass is 434 g/mol. The van der Waals surface area contributed by atoms with Crippen LogP contribution in [0.5, 0.6) is 0 Å². The van der Waals surface area contributed by atoms with Crippen molar-refractivity contribution in [1.82, 2.24) is 0 Å². The van der Waals surface area contributed by atoms with Crippen LogP contribution in [-0.2, 0) is 43.5 Å². The molecule has 3 aromatic rings. The molecular weight excluding hydrogens is 404 g/mol. The first-order valence-corrected chi connectivity index (χ1v) is 10.9. The van der Waals surface area contributed by atoms with Crippen LogP contribution >= 0.6 is 0 Å². The van der Waals surface area contributed by atoms with E-state index >= 15 is 0 Å². The molecule has 0 N–H and O–H groups in total. The Morgan fingerprint density at radius 3 is 1.59 bits per heavy atom. The normalized spacial score (nSPS) is 22.8. The predicted octanol–water partition coefficient (Wildman–Crippen LogP) is 4.75. The van der Waals surface area contributed by atoms with Gasteiger partial charge in [-0.3, -0.25) is 0 Å². The molecule has 0 unspecified atom stereocenters. The molecule has 1 aliphatic rings. The van der Waals surface area contributed by atoms with Crippen molar-refractivity contribution in [1.29, 1.82) is 0 Å². The van der Waals surface area contributed by atoms with E-state index in [9.17, 15) is 0 Å². The molecule has 0 aromatic heterocycles.